The van der Waals surface area contributed by atoms with Gasteiger partial charge in [-0.25, -0.2) is 0 Å². The molecular weight excluding hydrogens is 294 g/mol. The zero-order valence-electron chi connectivity index (χ0n) is 13.6. The molecule has 1 fully saturated rings. The van der Waals surface area contributed by atoms with Gasteiger partial charge in [0.15, 0.2) is 0 Å². The van der Waals surface area contributed by atoms with Gasteiger partial charge < -0.3 is 23.9 Å². The molecule has 2 aromatic rings. The molecule has 0 saturated carbocycles. The maximum Gasteiger partial charge on any atom is 0.122 e. The highest BCUT2D eigenvalue weighted by atomic mass is 16.5. The van der Waals surface area contributed by atoms with Gasteiger partial charge in [0.2, 0.25) is 0 Å². The van der Waals surface area contributed by atoms with Gasteiger partial charge in [0, 0.05) is 18.5 Å². The van der Waals surface area contributed by atoms with Crippen LogP contribution in [0, 0.1) is 0 Å². The van der Waals surface area contributed by atoms with Crippen molar-refractivity contribution < 1.29 is 18.6 Å². The van der Waals surface area contributed by atoms with Gasteiger partial charge in [0.1, 0.15) is 11.5 Å². The zero-order chi connectivity index (χ0) is 16.1. The third kappa shape index (κ3) is 3.86. The minimum Gasteiger partial charge on any atom is -0.497 e. The van der Waals surface area contributed by atoms with E-state index < -0.39 is 0 Å². The van der Waals surface area contributed by atoms with Crippen molar-refractivity contribution in [1.29, 1.82) is 0 Å². The smallest absolute Gasteiger partial charge is 0.122 e. The number of benzene rings is 1. The average molecular weight is 317 g/mol. The second-order valence-corrected chi connectivity index (χ2v) is 5.73. The van der Waals surface area contributed by atoms with Crippen LogP contribution in [0.3, 0.4) is 0 Å². The third-order valence-electron chi connectivity index (χ3n) is 4.27. The quantitative estimate of drug-likeness (QED) is 0.888. The lowest BCUT2D eigenvalue weighted by Crippen LogP contribution is -2.40. The molecule has 0 aliphatic carbocycles. The van der Waals surface area contributed by atoms with Crippen LogP contribution in [-0.2, 0) is 11.3 Å². The Balaban J connectivity index is 1.68. The van der Waals surface area contributed by atoms with E-state index in [-0.39, 0.29) is 6.10 Å². The van der Waals surface area contributed by atoms with Crippen molar-refractivity contribution in [3.63, 3.8) is 0 Å². The number of ether oxygens (including phenoxy) is 3. The first-order chi connectivity index (χ1) is 11.3. The van der Waals surface area contributed by atoms with Crippen LogP contribution in [0.1, 0.15) is 23.5 Å². The van der Waals surface area contributed by atoms with Gasteiger partial charge in [-0.3, -0.25) is 0 Å². The maximum absolute atomic E-state index is 6.19. The molecule has 0 bridgehead atoms. The summed E-state index contributed by atoms with van der Waals surface area (Å²) in [5.41, 5.74) is 2.25. The highest BCUT2D eigenvalue weighted by Gasteiger charge is 2.27. The molecule has 0 spiro atoms. The summed E-state index contributed by atoms with van der Waals surface area (Å²) in [6.45, 7) is 2.37. The first-order valence-corrected chi connectivity index (χ1v) is 7.86. The van der Waals surface area contributed by atoms with Crippen LogP contribution in [0.2, 0.25) is 0 Å². The molecule has 124 valence electrons. The number of nitrogens with one attached hydrogen (secondary N) is 1. The molecule has 1 aromatic heterocycles. The van der Waals surface area contributed by atoms with Gasteiger partial charge >= 0.3 is 0 Å². The van der Waals surface area contributed by atoms with Crippen LogP contribution in [0.5, 0.6) is 11.5 Å². The van der Waals surface area contributed by atoms with Crippen molar-refractivity contribution in [2.75, 3.05) is 27.3 Å². The molecule has 1 aromatic carbocycles. The number of rotatable bonds is 6. The van der Waals surface area contributed by atoms with E-state index in [1.54, 1.807) is 20.5 Å². The number of piperidine rings is 1. The van der Waals surface area contributed by atoms with E-state index in [1.165, 1.54) is 5.56 Å². The van der Waals surface area contributed by atoms with E-state index in [4.69, 9.17) is 18.6 Å². The number of furan rings is 1. The molecule has 0 amide bonds. The van der Waals surface area contributed by atoms with Crippen molar-refractivity contribution in [2.24, 2.45) is 0 Å². The minimum absolute atomic E-state index is 0.124. The Morgan fingerprint density at radius 2 is 1.96 bits per heavy atom. The van der Waals surface area contributed by atoms with Gasteiger partial charge in [-0.15, -0.1) is 0 Å². The predicted octanol–water partition coefficient (Wildman–Crippen LogP) is 2.96. The van der Waals surface area contributed by atoms with E-state index in [9.17, 15) is 0 Å². The van der Waals surface area contributed by atoms with Crippen molar-refractivity contribution in [3.8, 4) is 11.5 Å². The summed E-state index contributed by atoms with van der Waals surface area (Å²) in [5.74, 6) is 1.91. The molecule has 2 heterocycles. The minimum atomic E-state index is 0.124. The summed E-state index contributed by atoms with van der Waals surface area (Å²) in [5, 5.41) is 3.40. The highest BCUT2D eigenvalue weighted by molar-refractivity contribution is 5.38. The maximum atomic E-state index is 6.19. The molecule has 1 saturated heterocycles. The summed E-state index contributed by atoms with van der Waals surface area (Å²) in [7, 11) is 3.30. The Morgan fingerprint density at radius 3 is 2.61 bits per heavy atom. The molecule has 0 radical (unpaired) electrons. The standard InChI is InChI=1S/C18H23NO4/c1-20-15-7-13(8-16(9-15)21-2)11-23-18-10-19-5-3-17(18)14-4-6-22-12-14/h4,6-9,12,17-19H,3,5,10-11H2,1-2H3/t17-,18+/m0/s1. The van der Waals surface area contributed by atoms with Crippen molar-refractivity contribution in [1.82, 2.24) is 5.32 Å². The fourth-order valence-corrected chi connectivity index (χ4v) is 3.03. The van der Waals surface area contributed by atoms with Gasteiger partial charge in [-0.1, -0.05) is 0 Å². The largest absolute Gasteiger partial charge is 0.497 e. The van der Waals surface area contributed by atoms with Crippen molar-refractivity contribution >= 4 is 0 Å². The van der Waals surface area contributed by atoms with Crippen LogP contribution in [0.15, 0.2) is 41.2 Å². The number of hydrogen-bond acceptors (Lipinski definition) is 5. The lowest BCUT2D eigenvalue weighted by atomic mass is 9.89. The fraction of sp³-hybridized carbons (Fsp3) is 0.444. The molecule has 1 N–H and O–H groups in total. The lowest BCUT2D eigenvalue weighted by molar-refractivity contribution is 0.0104. The van der Waals surface area contributed by atoms with Gasteiger partial charge in [0.05, 0.1) is 39.5 Å². The molecule has 1 aliphatic heterocycles. The van der Waals surface area contributed by atoms with Crippen LogP contribution in [0.4, 0.5) is 0 Å². The topological polar surface area (TPSA) is 52.9 Å². The normalized spacial score (nSPS) is 21.1. The lowest BCUT2D eigenvalue weighted by Gasteiger charge is -2.31. The van der Waals surface area contributed by atoms with Crippen molar-refractivity contribution in [2.45, 2.75) is 25.0 Å². The second kappa shape index (κ2) is 7.53. The molecule has 23 heavy (non-hydrogen) atoms. The number of hydrogen-bond donors (Lipinski definition) is 1. The van der Waals surface area contributed by atoms with Crippen molar-refractivity contribution in [3.05, 3.63) is 47.9 Å². The second-order valence-electron chi connectivity index (χ2n) is 5.73. The molecule has 1 aliphatic rings. The summed E-state index contributed by atoms with van der Waals surface area (Å²) in [4.78, 5) is 0. The van der Waals surface area contributed by atoms with Crippen LogP contribution in [0.25, 0.3) is 0 Å². The van der Waals surface area contributed by atoms with Crippen LogP contribution < -0.4 is 14.8 Å². The highest BCUT2D eigenvalue weighted by Crippen LogP contribution is 2.29. The van der Waals surface area contributed by atoms with E-state index in [2.05, 4.69) is 5.32 Å². The Hall–Kier alpha value is -1.98. The SMILES string of the molecule is COc1cc(CO[C@@H]2CNCC[C@H]2c2ccoc2)cc(OC)c1. The Morgan fingerprint density at radius 1 is 1.17 bits per heavy atom. The zero-order valence-corrected chi connectivity index (χ0v) is 13.6. The van der Waals surface area contributed by atoms with Gasteiger partial charge in [-0.2, -0.15) is 0 Å². The Labute approximate surface area is 136 Å². The number of methoxy groups -OCH3 is 2. The first-order valence-electron chi connectivity index (χ1n) is 7.86. The summed E-state index contributed by atoms with van der Waals surface area (Å²) >= 11 is 0. The molecule has 3 rings (SSSR count). The van der Waals surface area contributed by atoms with Crippen LogP contribution in [-0.4, -0.2) is 33.4 Å². The van der Waals surface area contributed by atoms with Gasteiger partial charge in [-0.05, 0) is 42.3 Å². The molecule has 5 heteroatoms. The summed E-state index contributed by atoms with van der Waals surface area (Å²) in [6.07, 6.45) is 4.71. The predicted molar refractivity (Wildman–Crippen MR) is 87.1 cm³/mol. The summed E-state index contributed by atoms with van der Waals surface area (Å²) < 4.78 is 22.0. The summed E-state index contributed by atoms with van der Waals surface area (Å²) in [6, 6.07) is 7.85. The average Bonchev–Trinajstić information content (AvgIpc) is 3.14. The van der Waals surface area contributed by atoms with E-state index in [1.807, 2.05) is 30.5 Å². The Kier molecular flexibility index (Phi) is 5.20. The molecule has 2 atom stereocenters. The first kappa shape index (κ1) is 15.9. The van der Waals surface area contributed by atoms with E-state index in [0.717, 1.165) is 36.6 Å². The van der Waals surface area contributed by atoms with E-state index in [0.29, 0.717) is 12.5 Å². The van der Waals surface area contributed by atoms with Gasteiger partial charge in [0.25, 0.3) is 0 Å². The molecule has 0 unspecified atom stereocenters. The fourth-order valence-electron chi connectivity index (χ4n) is 3.03. The molecule has 5 nitrogen and oxygen atoms in total. The third-order valence-corrected chi connectivity index (χ3v) is 4.27. The van der Waals surface area contributed by atoms with E-state index >= 15 is 0 Å². The monoisotopic (exact) mass is 317 g/mol. The Bertz CT molecular complexity index is 589. The van der Waals surface area contributed by atoms with Crippen LogP contribution >= 0.6 is 0 Å². The molecular formula is C18H23NO4.